The number of nitrogens with zero attached hydrogens (tertiary/aromatic N) is 3. The molecule has 1 amide bonds. The molecule has 3 aromatic heterocycles. The van der Waals surface area contributed by atoms with Gasteiger partial charge in [-0.1, -0.05) is 0 Å². The van der Waals surface area contributed by atoms with Gasteiger partial charge in [-0.15, -0.1) is 0 Å². The van der Waals surface area contributed by atoms with E-state index in [0.717, 1.165) is 22.2 Å². The van der Waals surface area contributed by atoms with Gasteiger partial charge < -0.3 is 20.4 Å². The zero-order valence-corrected chi connectivity index (χ0v) is 14.4. The van der Waals surface area contributed by atoms with Gasteiger partial charge in [0.05, 0.1) is 47.9 Å². The van der Waals surface area contributed by atoms with Crippen molar-refractivity contribution in [3.63, 3.8) is 0 Å². The van der Waals surface area contributed by atoms with Gasteiger partial charge in [-0.05, 0) is 24.6 Å². The molecule has 3 aromatic rings. The second-order valence-corrected chi connectivity index (χ2v) is 6.39. The highest BCUT2D eigenvalue weighted by molar-refractivity contribution is 5.96. The zero-order chi connectivity index (χ0) is 18.4. The Hall–Kier alpha value is -3.16. The second-order valence-electron chi connectivity index (χ2n) is 6.39. The Balaban J connectivity index is 1.73. The maximum absolute atomic E-state index is 13.0. The number of alkyl halides is 1. The van der Waals surface area contributed by atoms with Gasteiger partial charge in [0, 0.05) is 12.4 Å². The monoisotopic (exact) mass is 355 g/mol. The number of amides is 1. The van der Waals surface area contributed by atoms with Crippen LogP contribution < -0.4 is 15.8 Å². The van der Waals surface area contributed by atoms with Crippen molar-refractivity contribution in [1.82, 2.24) is 14.5 Å². The van der Waals surface area contributed by atoms with Crippen molar-refractivity contribution in [1.29, 1.82) is 0 Å². The molecule has 1 aliphatic rings. The highest BCUT2D eigenvalue weighted by atomic mass is 19.1. The van der Waals surface area contributed by atoms with Crippen molar-refractivity contribution in [2.24, 2.45) is 13.0 Å². The van der Waals surface area contributed by atoms with E-state index in [1.54, 1.807) is 25.4 Å². The summed E-state index contributed by atoms with van der Waals surface area (Å²) >= 11 is 0. The fourth-order valence-electron chi connectivity index (χ4n) is 3.03. The van der Waals surface area contributed by atoms with Gasteiger partial charge in [0.25, 0.3) is 0 Å². The van der Waals surface area contributed by atoms with E-state index in [2.05, 4.69) is 15.3 Å². The predicted molar refractivity (Wildman–Crippen MR) is 96.5 cm³/mol. The zero-order valence-electron chi connectivity index (χ0n) is 14.4. The van der Waals surface area contributed by atoms with Gasteiger partial charge in [-0.2, -0.15) is 0 Å². The lowest BCUT2D eigenvalue weighted by atomic mass is 10.1. The van der Waals surface area contributed by atoms with Crippen molar-refractivity contribution in [3.8, 4) is 17.1 Å². The molecule has 3 N–H and O–H groups in total. The Kier molecular flexibility index (Phi) is 3.75. The maximum Gasteiger partial charge on any atom is 0.231 e. The van der Waals surface area contributed by atoms with Crippen LogP contribution in [0, 0.1) is 5.92 Å². The molecule has 1 saturated carbocycles. The molecule has 3 heterocycles. The normalized spacial score (nSPS) is 18.7. The number of anilines is 2. The Morgan fingerprint density at radius 1 is 1.35 bits per heavy atom. The molecule has 2 unspecified atom stereocenters. The minimum absolute atomic E-state index is 0.284. The average Bonchev–Trinajstić information content (AvgIpc) is 3.27. The van der Waals surface area contributed by atoms with E-state index < -0.39 is 12.1 Å². The number of ether oxygens (including phenoxy) is 1. The van der Waals surface area contributed by atoms with Gasteiger partial charge in [0.15, 0.2) is 0 Å². The fraction of sp³-hybridized carbons (Fsp3) is 0.278. The molecular weight excluding hydrogens is 337 g/mol. The molecule has 0 aromatic carbocycles. The third-order valence-electron chi connectivity index (χ3n) is 4.57. The van der Waals surface area contributed by atoms with Crippen molar-refractivity contribution >= 4 is 28.3 Å². The number of hydrogen-bond acceptors (Lipinski definition) is 5. The molecule has 4 rings (SSSR count). The predicted octanol–water partition coefficient (Wildman–Crippen LogP) is 2.52. The topological polar surface area (TPSA) is 95.1 Å². The largest absolute Gasteiger partial charge is 0.481 e. The van der Waals surface area contributed by atoms with E-state index in [4.69, 9.17) is 10.5 Å². The first-order chi connectivity index (χ1) is 12.5. The number of fused-ring (bicyclic) bond motifs is 1. The fourth-order valence-corrected chi connectivity index (χ4v) is 3.03. The molecule has 0 radical (unpaired) electrons. The van der Waals surface area contributed by atoms with Crippen LogP contribution in [0.2, 0.25) is 0 Å². The standard InChI is InChI=1S/C18H18FN5O2/c1-24-14(12-5-10(20)7-22-18(12)26-2)3-9-4-16(21-8-15(9)24)23-17(25)11-6-13(11)19/h3-5,7-8,11,13H,6,20H2,1-2H3,(H,21,23,25). The van der Waals surface area contributed by atoms with Gasteiger partial charge in [-0.3, -0.25) is 4.79 Å². The summed E-state index contributed by atoms with van der Waals surface area (Å²) < 4.78 is 20.3. The van der Waals surface area contributed by atoms with Crippen LogP contribution in [0.5, 0.6) is 5.88 Å². The minimum Gasteiger partial charge on any atom is -0.481 e. The van der Waals surface area contributed by atoms with Crippen molar-refractivity contribution in [2.45, 2.75) is 12.6 Å². The first-order valence-corrected chi connectivity index (χ1v) is 8.18. The van der Waals surface area contributed by atoms with Crippen LogP contribution in [0.3, 0.4) is 0 Å². The summed E-state index contributed by atoms with van der Waals surface area (Å²) in [6, 6.07) is 5.50. The number of methoxy groups -OCH3 is 1. The van der Waals surface area contributed by atoms with Crippen molar-refractivity contribution in [2.75, 3.05) is 18.2 Å². The van der Waals surface area contributed by atoms with Crippen LogP contribution in [-0.2, 0) is 11.8 Å². The smallest absolute Gasteiger partial charge is 0.231 e. The number of pyridine rings is 2. The summed E-state index contributed by atoms with van der Waals surface area (Å²) in [4.78, 5) is 20.4. The lowest BCUT2D eigenvalue weighted by molar-refractivity contribution is -0.117. The van der Waals surface area contributed by atoms with Crippen LogP contribution in [0.25, 0.3) is 22.2 Å². The van der Waals surface area contributed by atoms with Crippen LogP contribution in [-0.4, -0.2) is 33.7 Å². The molecule has 0 spiro atoms. The molecule has 0 aliphatic heterocycles. The van der Waals surface area contributed by atoms with Crippen molar-refractivity contribution < 1.29 is 13.9 Å². The first kappa shape index (κ1) is 16.3. The average molecular weight is 355 g/mol. The number of rotatable bonds is 4. The van der Waals surface area contributed by atoms with Crippen LogP contribution in [0.4, 0.5) is 15.9 Å². The Bertz CT molecular complexity index is 1020. The Morgan fingerprint density at radius 3 is 2.81 bits per heavy atom. The van der Waals surface area contributed by atoms with Gasteiger partial charge in [0.1, 0.15) is 12.0 Å². The number of nitrogens with two attached hydrogens (primary N) is 1. The quantitative estimate of drug-likeness (QED) is 0.750. The molecule has 0 bridgehead atoms. The third kappa shape index (κ3) is 2.73. The number of nitrogens with one attached hydrogen (secondary N) is 1. The van der Waals surface area contributed by atoms with E-state index >= 15 is 0 Å². The highest BCUT2D eigenvalue weighted by Gasteiger charge is 2.43. The van der Waals surface area contributed by atoms with E-state index in [0.29, 0.717) is 17.4 Å². The van der Waals surface area contributed by atoms with E-state index in [-0.39, 0.29) is 12.3 Å². The number of carbonyl (C=O) groups is 1. The van der Waals surface area contributed by atoms with E-state index in [9.17, 15) is 9.18 Å². The van der Waals surface area contributed by atoms with Gasteiger partial charge >= 0.3 is 0 Å². The summed E-state index contributed by atoms with van der Waals surface area (Å²) in [5.74, 6) is -0.0191. The SMILES string of the molecule is COc1ncc(N)cc1-c1cc2cc(NC(=O)C3CC3F)ncc2n1C. The Labute approximate surface area is 149 Å². The minimum atomic E-state index is -1.04. The molecule has 134 valence electrons. The molecule has 8 heteroatoms. The molecule has 2 atom stereocenters. The second kappa shape index (κ2) is 5.98. The van der Waals surface area contributed by atoms with Crippen molar-refractivity contribution in [3.05, 3.63) is 30.6 Å². The summed E-state index contributed by atoms with van der Waals surface area (Å²) in [5, 5.41) is 3.55. The number of hydrogen-bond donors (Lipinski definition) is 2. The molecule has 26 heavy (non-hydrogen) atoms. The molecule has 1 fully saturated rings. The number of halogens is 1. The molecule has 1 aliphatic carbocycles. The van der Waals surface area contributed by atoms with E-state index in [1.807, 2.05) is 17.7 Å². The third-order valence-corrected chi connectivity index (χ3v) is 4.57. The number of aryl methyl sites for hydroxylation is 1. The van der Waals surface area contributed by atoms with Crippen LogP contribution in [0.15, 0.2) is 30.6 Å². The summed E-state index contributed by atoms with van der Waals surface area (Å²) in [6.07, 6.45) is 2.45. The summed E-state index contributed by atoms with van der Waals surface area (Å²) in [6.45, 7) is 0. The number of carbonyl (C=O) groups excluding carboxylic acids is 1. The van der Waals surface area contributed by atoms with Gasteiger partial charge in [0.2, 0.25) is 11.8 Å². The van der Waals surface area contributed by atoms with Crippen LogP contribution in [0.1, 0.15) is 6.42 Å². The Morgan fingerprint density at radius 2 is 2.12 bits per heavy atom. The van der Waals surface area contributed by atoms with Crippen LogP contribution >= 0.6 is 0 Å². The number of nitrogen functional groups attached to an aromatic ring is 1. The highest BCUT2D eigenvalue weighted by Crippen LogP contribution is 2.36. The first-order valence-electron chi connectivity index (χ1n) is 8.18. The summed E-state index contributed by atoms with van der Waals surface area (Å²) in [5.41, 5.74) is 8.89. The lowest BCUT2D eigenvalue weighted by Gasteiger charge is -2.09. The number of aromatic nitrogens is 3. The van der Waals surface area contributed by atoms with Gasteiger partial charge in [-0.25, -0.2) is 14.4 Å². The molecular formula is C18H18FN5O2. The molecule has 7 nitrogen and oxygen atoms in total. The maximum atomic E-state index is 13.0. The lowest BCUT2D eigenvalue weighted by Crippen LogP contribution is -2.15. The van der Waals surface area contributed by atoms with E-state index in [1.165, 1.54) is 6.20 Å². The summed E-state index contributed by atoms with van der Waals surface area (Å²) in [7, 11) is 3.45. The molecule has 0 saturated heterocycles.